The minimum atomic E-state index is -0.563. The summed E-state index contributed by atoms with van der Waals surface area (Å²) in [5.41, 5.74) is 1.45. The van der Waals surface area contributed by atoms with Crippen molar-refractivity contribution < 1.29 is 13.9 Å². The zero-order chi connectivity index (χ0) is 19.0. The summed E-state index contributed by atoms with van der Waals surface area (Å²) in [7, 11) is 0. The Kier molecular flexibility index (Phi) is 4.79. The number of nitrogens with zero attached hydrogens (tertiary/aromatic N) is 1. The van der Waals surface area contributed by atoms with E-state index in [4.69, 9.17) is 44.0 Å². The van der Waals surface area contributed by atoms with E-state index in [1.165, 1.54) is 6.08 Å². The first-order valence-electron chi connectivity index (χ1n) is 7.83. The van der Waals surface area contributed by atoms with Crippen LogP contribution in [0.3, 0.4) is 0 Å². The summed E-state index contributed by atoms with van der Waals surface area (Å²) in [4.78, 5) is 16.3. The third-order valence-electron chi connectivity index (χ3n) is 3.79. The first-order chi connectivity index (χ1) is 13.0. The molecule has 0 radical (unpaired) electrons. The Hall–Kier alpha value is -2.53. The molecular formula is C20H10Cl3NO3. The van der Waals surface area contributed by atoms with E-state index < -0.39 is 5.97 Å². The normalized spacial score (nSPS) is 15.1. The molecule has 2 aromatic carbocycles. The molecule has 0 N–H and O–H groups in total. The van der Waals surface area contributed by atoms with Gasteiger partial charge in [0.1, 0.15) is 11.5 Å². The van der Waals surface area contributed by atoms with Gasteiger partial charge in [-0.05, 0) is 48.5 Å². The minimum Gasteiger partial charge on any atom is -0.457 e. The van der Waals surface area contributed by atoms with Crippen LogP contribution in [-0.2, 0) is 9.53 Å². The highest BCUT2D eigenvalue weighted by atomic mass is 35.5. The van der Waals surface area contributed by atoms with E-state index in [9.17, 15) is 4.79 Å². The Labute approximate surface area is 169 Å². The summed E-state index contributed by atoms with van der Waals surface area (Å²) in [6.07, 6.45) is 1.51. The predicted octanol–water partition coefficient (Wildman–Crippen LogP) is 6.25. The Morgan fingerprint density at radius 3 is 2.52 bits per heavy atom. The molecule has 1 aliphatic heterocycles. The van der Waals surface area contributed by atoms with Gasteiger partial charge < -0.3 is 9.15 Å². The Morgan fingerprint density at radius 1 is 0.926 bits per heavy atom. The molecule has 0 saturated heterocycles. The Balaban J connectivity index is 1.64. The Bertz CT molecular complexity index is 1120. The van der Waals surface area contributed by atoms with Crippen LogP contribution >= 0.6 is 34.8 Å². The lowest BCUT2D eigenvalue weighted by Gasteiger charge is -2.00. The van der Waals surface area contributed by atoms with Gasteiger partial charge in [-0.3, -0.25) is 0 Å². The van der Waals surface area contributed by atoms with Crippen LogP contribution in [0.4, 0.5) is 0 Å². The summed E-state index contributed by atoms with van der Waals surface area (Å²) < 4.78 is 11.0. The van der Waals surface area contributed by atoms with Crippen molar-refractivity contribution in [2.24, 2.45) is 4.99 Å². The molecule has 0 fully saturated rings. The molecule has 7 heteroatoms. The molecule has 0 spiro atoms. The van der Waals surface area contributed by atoms with Crippen LogP contribution in [0.2, 0.25) is 15.1 Å². The number of aliphatic imine (C=N–C) groups is 1. The van der Waals surface area contributed by atoms with Crippen molar-refractivity contribution in [3.05, 3.63) is 86.7 Å². The number of hydrogen-bond acceptors (Lipinski definition) is 4. The summed E-state index contributed by atoms with van der Waals surface area (Å²) in [5, 5.41) is 1.53. The van der Waals surface area contributed by atoms with Crippen LogP contribution in [0.15, 0.2) is 69.7 Å². The van der Waals surface area contributed by atoms with Gasteiger partial charge in [-0.25, -0.2) is 9.79 Å². The van der Waals surface area contributed by atoms with Crippen molar-refractivity contribution in [3.63, 3.8) is 0 Å². The molecule has 1 aliphatic rings. The smallest absolute Gasteiger partial charge is 0.363 e. The maximum absolute atomic E-state index is 12.1. The largest absolute Gasteiger partial charge is 0.457 e. The fourth-order valence-corrected chi connectivity index (χ4v) is 3.25. The fraction of sp³-hybridized carbons (Fsp3) is 0. The summed E-state index contributed by atoms with van der Waals surface area (Å²) >= 11 is 18.1. The monoisotopic (exact) mass is 417 g/mol. The molecule has 27 heavy (non-hydrogen) atoms. The summed E-state index contributed by atoms with van der Waals surface area (Å²) in [5.74, 6) is 0.627. The van der Waals surface area contributed by atoms with Crippen LogP contribution in [0.25, 0.3) is 17.4 Å². The molecule has 0 unspecified atom stereocenters. The number of carbonyl (C=O) groups is 1. The van der Waals surface area contributed by atoms with E-state index >= 15 is 0 Å². The summed E-state index contributed by atoms with van der Waals surface area (Å²) in [6.45, 7) is 0. The highest BCUT2D eigenvalue weighted by Crippen LogP contribution is 2.32. The van der Waals surface area contributed by atoms with E-state index in [0.717, 1.165) is 0 Å². The first kappa shape index (κ1) is 17.9. The van der Waals surface area contributed by atoms with Gasteiger partial charge in [0.2, 0.25) is 5.90 Å². The van der Waals surface area contributed by atoms with Crippen LogP contribution in [0.5, 0.6) is 0 Å². The van der Waals surface area contributed by atoms with Crippen LogP contribution in [0, 0.1) is 0 Å². The zero-order valence-electron chi connectivity index (χ0n) is 13.6. The van der Waals surface area contributed by atoms with E-state index in [0.29, 0.717) is 37.7 Å². The van der Waals surface area contributed by atoms with Gasteiger partial charge in [0.05, 0.1) is 5.02 Å². The SMILES string of the molecule is O=C1OC(c2cccc(Cl)c2)=NC1=Cc1ccc(-c2ccc(Cl)cc2Cl)o1. The number of benzene rings is 2. The van der Waals surface area contributed by atoms with Crippen LogP contribution in [-0.4, -0.2) is 11.9 Å². The lowest BCUT2D eigenvalue weighted by molar-refractivity contribution is -0.129. The molecule has 2 heterocycles. The van der Waals surface area contributed by atoms with Crippen molar-refractivity contribution in [1.82, 2.24) is 0 Å². The molecule has 0 saturated carbocycles. The van der Waals surface area contributed by atoms with E-state index in [2.05, 4.69) is 4.99 Å². The maximum Gasteiger partial charge on any atom is 0.363 e. The van der Waals surface area contributed by atoms with Gasteiger partial charge in [0.25, 0.3) is 0 Å². The number of furan rings is 1. The van der Waals surface area contributed by atoms with Crippen molar-refractivity contribution in [3.8, 4) is 11.3 Å². The highest BCUT2D eigenvalue weighted by molar-refractivity contribution is 6.36. The van der Waals surface area contributed by atoms with Crippen molar-refractivity contribution >= 4 is 52.7 Å². The lowest BCUT2D eigenvalue weighted by atomic mass is 10.2. The third-order valence-corrected chi connectivity index (χ3v) is 4.58. The Morgan fingerprint density at radius 2 is 1.74 bits per heavy atom. The van der Waals surface area contributed by atoms with Crippen LogP contribution < -0.4 is 0 Å². The van der Waals surface area contributed by atoms with Crippen molar-refractivity contribution in [2.45, 2.75) is 0 Å². The molecule has 4 rings (SSSR count). The topological polar surface area (TPSA) is 51.8 Å². The van der Waals surface area contributed by atoms with Gasteiger partial charge in [-0.1, -0.05) is 40.9 Å². The fourth-order valence-electron chi connectivity index (χ4n) is 2.55. The van der Waals surface area contributed by atoms with Gasteiger partial charge >= 0.3 is 5.97 Å². The van der Waals surface area contributed by atoms with Gasteiger partial charge in [0, 0.05) is 27.2 Å². The molecule has 0 amide bonds. The second kappa shape index (κ2) is 7.24. The second-order valence-electron chi connectivity index (χ2n) is 5.67. The number of hydrogen-bond donors (Lipinski definition) is 0. The standard InChI is InChI=1S/C20H10Cl3NO3/c21-12-3-1-2-11(8-12)19-24-17(20(25)27-19)10-14-5-7-18(26-14)15-6-4-13(22)9-16(15)23/h1-10H. The average molecular weight is 419 g/mol. The van der Waals surface area contributed by atoms with E-state index in [1.54, 1.807) is 54.6 Å². The van der Waals surface area contributed by atoms with Gasteiger partial charge in [-0.15, -0.1) is 0 Å². The molecule has 0 bridgehead atoms. The van der Waals surface area contributed by atoms with Gasteiger partial charge in [-0.2, -0.15) is 0 Å². The third kappa shape index (κ3) is 3.78. The lowest BCUT2D eigenvalue weighted by Crippen LogP contribution is -2.05. The number of cyclic esters (lactones) is 1. The van der Waals surface area contributed by atoms with E-state index in [-0.39, 0.29) is 11.6 Å². The molecule has 0 aliphatic carbocycles. The number of ether oxygens (including phenoxy) is 1. The number of rotatable bonds is 3. The minimum absolute atomic E-state index is 0.132. The second-order valence-corrected chi connectivity index (χ2v) is 6.95. The molecule has 134 valence electrons. The number of halogens is 3. The van der Waals surface area contributed by atoms with Crippen molar-refractivity contribution in [2.75, 3.05) is 0 Å². The number of carbonyl (C=O) groups excluding carboxylic acids is 1. The maximum atomic E-state index is 12.1. The van der Waals surface area contributed by atoms with Crippen molar-refractivity contribution in [1.29, 1.82) is 0 Å². The van der Waals surface area contributed by atoms with Crippen LogP contribution in [0.1, 0.15) is 11.3 Å². The molecule has 3 aromatic rings. The molecule has 1 aromatic heterocycles. The molecular weight excluding hydrogens is 409 g/mol. The zero-order valence-corrected chi connectivity index (χ0v) is 15.8. The predicted molar refractivity (Wildman–Crippen MR) is 106 cm³/mol. The quantitative estimate of drug-likeness (QED) is 0.373. The summed E-state index contributed by atoms with van der Waals surface area (Å²) in [6, 6.07) is 15.5. The van der Waals surface area contributed by atoms with E-state index in [1.807, 2.05) is 0 Å². The average Bonchev–Trinajstić information content (AvgIpc) is 3.23. The molecule has 0 atom stereocenters. The highest BCUT2D eigenvalue weighted by Gasteiger charge is 2.24. The van der Waals surface area contributed by atoms with Gasteiger partial charge in [0.15, 0.2) is 5.70 Å². The first-order valence-corrected chi connectivity index (χ1v) is 8.97. The molecule has 4 nitrogen and oxygen atoms in total. The number of esters is 1.